The van der Waals surface area contributed by atoms with Crippen molar-refractivity contribution in [3.63, 3.8) is 0 Å². The minimum Gasteiger partial charge on any atom is -0.480 e. The zero-order chi connectivity index (χ0) is 11.3. The van der Waals surface area contributed by atoms with Gasteiger partial charge in [0.05, 0.1) is 5.70 Å². The molecule has 2 heterocycles. The van der Waals surface area contributed by atoms with Gasteiger partial charge in [-0.15, -0.1) is 0 Å². The molecular formula is C11H12N2O3. The largest absolute Gasteiger partial charge is 0.480 e. The highest BCUT2D eigenvalue weighted by atomic mass is 16.5. The molecule has 1 fully saturated rings. The molecule has 5 heteroatoms. The first-order valence-electron chi connectivity index (χ1n) is 5.37. The summed E-state index contributed by atoms with van der Waals surface area (Å²) in [7, 11) is 0. The van der Waals surface area contributed by atoms with Crippen LogP contribution in [0.3, 0.4) is 0 Å². The zero-order valence-electron chi connectivity index (χ0n) is 8.63. The molecule has 0 aromatic rings. The molecule has 16 heavy (non-hydrogen) atoms. The highest BCUT2D eigenvalue weighted by molar-refractivity contribution is 6.06. The lowest BCUT2D eigenvalue weighted by Gasteiger charge is -2.24. The van der Waals surface area contributed by atoms with E-state index in [4.69, 9.17) is 5.11 Å². The van der Waals surface area contributed by atoms with Gasteiger partial charge in [-0.1, -0.05) is 0 Å². The second kappa shape index (κ2) is 3.18. The molecule has 0 bridgehead atoms. The van der Waals surface area contributed by atoms with Crippen LogP contribution in [0.1, 0.15) is 19.3 Å². The van der Waals surface area contributed by atoms with E-state index >= 15 is 0 Å². The van der Waals surface area contributed by atoms with Crippen LogP contribution in [0.15, 0.2) is 28.5 Å². The van der Waals surface area contributed by atoms with Gasteiger partial charge in [0.15, 0.2) is 6.04 Å². The maximum Gasteiger partial charge on any atom is 0.328 e. The minimum atomic E-state index is -0.967. The lowest BCUT2D eigenvalue weighted by molar-refractivity contribution is -0.155. The van der Waals surface area contributed by atoms with Crippen LogP contribution in [0.4, 0.5) is 0 Å². The van der Waals surface area contributed by atoms with Gasteiger partial charge in [-0.2, -0.15) is 0 Å². The van der Waals surface area contributed by atoms with Crippen LogP contribution in [0, 0.1) is 5.92 Å². The molecule has 0 spiro atoms. The van der Waals surface area contributed by atoms with Gasteiger partial charge in [0.25, 0.3) is 0 Å². The molecule has 2 atom stereocenters. The second-order valence-corrected chi connectivity index (χ2v) is 4.36. The Kier molecular flexibility index (Phi) is 1.91. The van der Waals surface area contributed by atoms with E-state index in [-0.39, 0.29) is 5.92 Å². The number of carbonyl (C=O) groups is 1. The first-order chi connectivity index (χ1) is 7.68. The van der Waals surface area contributed by atoms with Gasteiger partial charge in [-0.3, -0.25) is 10.2 Å². The number of aliphatic imine (C=N–C) groups is 1. The number of hydrogen-bond acceptors (Lipinski definition) is 4. The maximum atomic E-state index is 11.0. The molecule has 84 valence electrons. The quantitative estimate of drug-likeness (QED) is 0.695. The Labute approximate surface area is 92.4 Å². The van der Waals surface area contributed by atoms with Crippen molar-refractivity contribution in [2.45, 2.75) is 25.3 Å². The predicted molar refractivity (Wildman–Crippen MR) is 56.0 cm³/mol. The molecule has 2 N–H and O–H groups in total. The number of hydroxylamine groups is 2. The number of hydrogen-bond donors (Lipinski definition) is 2. The average molecular weight is 220 g/mol. The predicted octanol–water partition coefficient (Wildman–Crippen LogP) is 1.17. The van der Waals surface area contributed by atoms with Crippen LogP contribution in [0.25, 0.3) is 0 Å². The van der Waals surface area contributed by atoms with E-state index in [2.05, 4.69) is 4.99 Å². The Morgan fingerprint density at radius 2 is 2.38 bits per heavy atom. The number of carboxylic acids is 1. The molecule has 0 aromatic heterocycles. The normalized spacial score (nSPS) is 31.6. The van der Waals surface area contributed by atoms with Crippen LogP contribution >= 0.6 is 0 Å². The van der Waals surface area contributed by atoms with Gasteiger partial charge in [-0.05, 0) is 25.3 Å². The standard InChI is InChI=1S/C11H12N2O3/c14-11(15)9-5-6-1-2-8-7(3-4-12-8)10(6)13(9)16/h3-4,6,9,16H,1-2,5H2,(H,14,15). The van der Waals surface area contributed by atoms with Crippen molar-refractivity contribution in [1.82, 2.24) is 5.06 Å². The topological polar surface area (TPSA) is 73.1 Å². The van der Waals surface area contributed by atoms with Gasteiger partial charge >= 0.3 is 5.97 Å². The van der Waals surface area contributed by atoms with E-state index in [1.807, 2.05) is 6.08 Å². The zero-order valence-corrected chi connectivity index (χ0v) is 8.63. The molecule has 3 aliphatic rings. The lowest BCUT2D eigenvalue weighted by atomic mass is 9.86. The average Bonchev–Trinajstić information content (AvgIpc) is 2.81. The molecule has 1 aliphatic carbocycles. The van der Waals surface area contributed by atoms with E-state index in [1.54, 1.807) is 6.20 Å². The van der Waals surface area contributed by atoms with E-state index in [0.29, 0.717) is 6.42 Å². The van der Waals surface area contributed by atoms with Crippen LogP contribution in [0.5, 0.6) is 0 Å². The number of allylic oxidation sites excluding steroid dienone is 3. The maximum absolute atomic E-state index is 11.0. The summed E-state index contributed by atoms with van der Waals surface area (Å²) in [4.78, 5) is 15.2. The number of nitrogens with zero attached hydrogens (tertiary/aromatic N) is 2. The SMILES string of the molecule is O=C(O)C1CC2CCC3=NC=CC3=C2N1O. The molecule has 2 unspecified atom stereocenters. The van der Waals surface area contributed by atoms with Crippen molar-refractivity contribution in [3.05, 3.63) is 23.5 Å². The molecule has 3 rings (SSSR count). The van der Waals surface area contributed by atoms with Crippen molar-refractivity contribution in [1.29, 1.82) is 0 Å². The van der Waals surface area contributed by atoms with Gasteiger partial charge in [0.2, 0.25) is 0 Å². The van der Waals surface area contributed by atoms with E-state index in [0.717, 1.165) is 34.9 Å². The highest BCUT2D eigenvalue weighted by Crippen LogP contribution is 2.42. The van der Waals surface area contributed by atoms with E-state index < -0.39 is 12.0 Å². The van der Waals surface area contributed by atoms with Gasteiger partial charge in [-0.25, -0.2) is 9.86 Å². The summed E-state index contributed by atoms with van der Waals surface area (Å²) in [5, 5.41) is 19.8. The Morgan fingerprint density at radius 3 is 3.12 bits per heavy atom. The van der Waals surface area contributed by atoms with Crippen molar-refractivity contribution in [2.75, 3.05) is 0 Å². The fraction of sp³-hybridized carbons (Fsp3) is 0.455. The molecule has 0 aromatic carbocycles. The lowest BCUT2D eigenvalue weighted by Crippen LogP contribution is -2.33. The summed E-state index contributed by atoms with van der Waals surface area (Å²) in [6.07, 6.45) is 5.80. The van der Waals surface area contributed by atoms with Crippen LogP contribution in [0.2, 0.25) is 0 Å². The summed E-state index contributed by atoms with van der Waals surface area (Å²) in [6.45, 7) is 0. The van der Waals surface area contributed by atoms with E-state index in [1.165, 1.54) is 0 Å². The third kappa shape index (κ3) is 1.15. The third-order valence-electron chi connectivity index (χ3n) is 3.51. The van der Waals surface area contributed by atoms with Crippen LogP contribution < -0.4 is 0 Å². The van der Waals surface area contributed by atoms with E-state index in [9.17, 15) is 10.0 Å². The van der Waals surface area contributed by atoms with Crippen molar-refractivity contribution >= 4 is 11.7 Å². The monoisotopic (exact) mass is 220 g/mol. The number of fused-ring (bicyclic) bond motifs is 2. The Hall–Kier alpha value is -1.62. The summed E-state index contributed by atoms with van der Waals surface area (Å²) >= 11 is 0. The fourth-order valence-electron chi connectivity index (χ4n) is 2.75. The summed E-state index contributed by atoms with van der Waals surface area (Å²) in [6, 6.07) is -0.805. The first kappa shape index (κ1) is 9.59. The van der Waals surface area contributed by atoms with Crippen molar-refractivity contribution < 1.29 is 15.1 Å². The molecule has 0 radical (unpaired) electrons. The molecular weight excluding hydrogens is 208 g/mol. The summed E-state index contributed by atoms with van der Waals surface area (Å²) in [5.41, 5.74) is 2.63. The number of carboxylic acid groups (broad SMARTS) is 1. The third-order valence-corrected chi connectivity index (χ3v) is 3.51. The van der Waals surface area contributed by atoms with Crippen molar-refractivity contribution in [2.24, 2.45) is 10.9 Å². The smallest absolute Gasteiger partial charge is 0.328 e. The molecule has 5 nitrogen and oxygen atoms in total. The fourth-order valence-corrected chi connectivity index (χ4v) is 2.75. The Morgan fingerprint density at radius 1 is 1.56 bits per heavy atom. The second-order valence-electron chi connectivity index (χ2n) is 4.36. The summed E-state index contributed by atoms with van der Waals surface area (Å²) < 4.78 is 0. The molecule has 1 saturated heterocycles. The highest BCUT2D eigenvalue weighted by Gasteiger charge is 2.43. The Balaban J connectivity index is 2.05. The van der Waals surface area contributed by atoms with Gasteiger partial charge in [0.1, 0.15) is 0 Å². The molecule has 0 saturated carbocycles. The van der Waals surface area contributed by atoms with Gasteiger partial charge in [0, 0.05) is 23.4 Å². The van der Waals surface area contributed by atoms with Crippen LogP contribution in [-0.2, 0) is 4.79 Å². The molecule has 2 aliphatic heterocycles. The van der Waals surface area contributed by atoms with Crippen LogP contribution in [-0.4, -0.2) is 33.1 Å². The molecule has 0 amide bonds. The minimum absolute atomic E-state index is 0.155. The van der Waals surface area contributed by atoms with Crippen molar-refractivity contribution in [3.8, 4) is 0 Å². The van der Waals surface area contributed by atoms with Gasteiger partial charge < -0.3 is 5.11 Å². The summed E-state index contributed by atoms with van der Waals surface area (Å²) in [5.74, 6) is -0.812. The Bertz CT molecular complexity index is 450. The number of aliphatic carboxylic acids is 1. The number of rotatable bonds is 1. The first-order valence-corrected chi connectivity index (χ1v) is 5.37.